The number of hydrogen-bond acceptors (Lipinski definition) is 1. The lowest BCUT2D eigenvalue weighted by atomic mass is 9.70. The van der Waals surface area contributed by atoms with E-state index < -0.39 is 0 Å². The summed E-state index contributed by atoms with van der Waals surface area (Å²) in [6.45, 7) is 9.50. The van der Waals surface area contributed by atoms with E-state index in [9.17, 15) is 0 Å². The van der Waals surface area contributed by atoms with Gasteiger partial charge in [-0.1, -0.05) is 33.8 Å². The summed E-state index contributed by atoms with van der Waals surface area (Å²) >= 11 is 0. The van der Waals surface area contributed by atoms with Crippen molar-refractivity contribution in [1.29, 1.82) is 0 Å². The van der Waals surface area contributed by atoms with E-state index in [2.05, 4.69) is 44.8 Å². The van der Waals surface area contributed by atoms with Gasteiger partial charge in [-0.2, -0.15) is 0 Å². The van der Waals surface area contributed by atoms with Gasteiger partial charge in [-0.3, -0.25) is 4.98 Å². The zero-order valence-corrected chi connectivity index (χ0v) is 10.2. The second-order valence-corrected chi connectivity index (χ2v) is 6.16. The van der Waals surface area contributed by atoms with Crippen LogP contribution in [0.15, 0.2) is 24.4 Å². The predicted octanol–water partition coefficient (Wildman–Crippen LogP) is 4.01. The van der Waals surface area contributed by atoms with E-state index in [4.69, 9.17) is 0 Å². The molecular weight excluding hydrogens is 182 g/mol. The van der Waals surface area contributed by atoms with E-state index >= 15 is 0 Å². The number of hydrogen-bond donors (Lipinski definition) is 0. The number of pyridine rings is 1. The lowest BCUT2D eigenvalue weighted by molar-refractivity contribution is 0.234. The molecule has 0 aromatic carbocycles. The van der Waals surface area contributed by atoms with Gasteiger partial charge < -0.3 is 0 Å². The molecule has 0 N–H and O–H groups in total. The third-order valence-corrected chi connectivity index (χ3v) is 3.96. The van der Waals surface area contributed by atoms with Gasteiger partial charge in [0.1, 0.15) is 0 Å². The van der Waals surface area contributed by atoms with Crippen LogP contribution in [0, 0.1) is 10.8 Å². The zero-order valence-electron chi connectivity index (χ0n) is 10.2. The second-order valence-electron chi connectivity index (χ2n) is 6.16. The van der Waals surface area contributed by atoms with Gasteiger partial charge in [0.25, 0.3) is 0 Å². The quantitative estimate of drug-likeness (QED) is 0.672. The summed E-state index contributed by atoms with van der Waals surface area (Å²) in [5.41, 5.74) is 2.04. The molecule has 1 heteroatoms. The van der Waals surface area contributed by atoms with Crippen LogP contribution in [0.5, 0.6) is 0 Å². The molecule has 1 nitrogen and oxygen atoms in total. The molecular formula is C14H21N. The molecule has 1 aromatic heterocycles. The molecule has 0 bridgehead atoms. The summed E-state index contributed by atoms with van der Waals surface area (Å²) in [6, 6.07) is 6.28. The second kappa shape index (κ2) is 3.33. The summed E-state index contributed by atoms with van der Waals surface area (Å²) in [4.78, 5) is 4.55. The van der Waals surface area contributed by atoms with Gasteiger partial charge in [0.05, 0.1) is 0 Å². The van der Waals surface area contributed by atoms with E-state index in [-0.39, 0.29) is 0 Å². The third kappa shape index (κ3) is 1.80. The minimum Gasteiger partial charge on any atom is -0.261 e. The highest BCUT2D eigenvalue weighted by molar-refractivity contribution is 5.19. The van der Waals surface area contributed by atoms with Crippen LogP contribution in [0.1, 0.15) is 52.1 Å². The predicted molar refractivity (Wildman–Crippen MR) is 63.8 cm³/mol. The van der Waals surface area contributed by atoms with Crippen LogP contribution in [0.3, 0.4) is 0 Å². The lowest BCUT2D eigenvalue weighted by Crippen LogP contribution is -2.26. The molecule has 0 radical (unpaired) electrons. The Morgan fingerprint density at radius 3 is 2.13 bits per heavy atom. The standard InChI is InChI=1S/C14H21N/c1-13(2)8-9-14(3,4)12(13)11-7-5-6-10-15-11/h5-7,10,12H,8-9H2,1-4H3. The lowest BCUT2D eigenvalue weighted by Gasteiger charge is -2.34. The highest BCUT2D eigenvalue weighted by Gasteiger charge is 2.48. The van der Waals surface area contributed by atoms with Crippen LogP contribution in [0.4, 0.5) is 0 Å². The molecule has 0 amide bonds. The van der Waals surface area contributed by atoms with Crippen LogP contribution in [0.25, 0.3) is 0 Å². The highest BCUT2D eigenvalue weighted by atomic mass is 14.7. The van der Waals surface area contributed by atoms with Gasteiger partial charge in [0.15, 0.2) is 0 Å². The van der Waals surface area contributed by atoms with Crippen molar-refractivity contribution in [2.75, 3.05) is 0 Å². The summed E-state index contributed by atoms with van der Waals surface area (Å²) in [5, 5.41) is 0. The van der Waals surface area contributed by atoms with Crippen molar-refractivity contribution >= 4 is 0 Å². The maximum Gasteiger partial charge on any atom is 0.0445 e. The molecule has 1 aliphatic carbocycles. The van der Waals surface area contributed by atoms with E-state index in [0.29, 0.717) is 16.7 Å². The van der Waals surface area contributed by atoms with E-state index in [1.165, 1.54) is 18.5 Å². The Hall–Kier alpha value is -0.850. The van der Waals surface area contributed by atoms with E-state index in [0.717, 1.165) is 0 Å². The van der Waals surface area contributed by atoms with Crippen LogP contribution in [-0.2, 0) is 0 Å². The molecule has 0 aliphatic heterocycles. The Morgan fingerprint density at radius 1 is 1.07 bits per heavy atom. The fraction of sp³-hybridized carbons (Fsp3) is 0.643. The Labute approximate surface area is 92.9 Å². The van der Waals surface area contributed by atoms with Crippen molar-refractivity contribution in [2.45, 2.75) is 46.5 Å². The van der Waals surface area contributed by atoms with Gasteiger partial charge >= 0.3 is 0 Å². The maximum absolute atomic E-state index is 4.55. The average Bonchev–Trinajstić information content (AvgIpc) is 2.37. The first-order chi connectivity index (χ1) is 6.93. The molecule has 0 saturated heterocycles. The number of aromatic nitrogens is 1. The van der Waals surface area contributed by atoms with Crippen molar-refractivity contribution < 1.29 is 0 Å². The van der Waals surface area contributed by atoms with Gasteiger partial charge in [0, 0.05) is 17.8 Å². The molecule has 0 spiro atoms. The first-order valence-corrected chi connectivity index (χ1v) is 5.84. The fourth-order valence-corrected chi connectivity index (χ4v) is 3.34. The van der Waals surface area contributed by atoms with Gasteiger partial charge in [-0.05, 0) is 35.8 Å². The molecule has 1 heterocycles. The van der Waals surface area contributed by atoms with Gasteiger partial charge in [-0.25, -0.2) is 0 Å². The van der Waals surface area contributed by atoms with Gasteiger partial charge in [-0.15, -0.1) is 0 Å². The summed E-state index contributed by atoms with van der Waals surface area (Å²) in [6.07, 6.45) is 4.53. The maximum atomic E-state index is 4.55. The van der Waals surface area contributed by atoms with Crippen molar-refractivity contribution in [3.8, 4) is 0 Å². The normalized spacial score (nSPS) is 24.3. The number of nitrogens with zero attached hydrogens (tertiary/aromatic N) is 1. The van der Waals surface area contributed by atoms with E-state index in [1.54, 1.807) is 0 Å². The molecule has 2 rings (SSSR count). The molecule has 1 aromatic rings. The fourth-order valence-electron chi connectivity index (χ4n) is 3.34. The van der Waals surface area contributed by atoms with Crippen molar-refractivity contribution in [3.63, 3.8) is 0 Å². The average molecular weight is 203 g/mol. The molecule has 1 saturated carbocycles. The zero-order chi connectivity index (χ0) is 11.1. The highest BCUT2D eigenvalue weighted by Crippen LogP contribution is 2.58. The first kappa shape index (κ1) is 10.7. The Bertz CT molecular complexity index is 322. The van der Waals surface area contributed by atoms with Crippen molar-refractivity contribution in [1.82, 2.24) is 4.98 Å². The summed E-state index contributed by atoms with van der Waals surface area (Å²) < 4.78 is 0. The van der Waals surface area contributed by atoms with Crippen LogP contribution in [0.2, 0.25) is 0 Å². The third-order valence-electron chi connectivity index (χ3n) is 3.96. The minimum atomic E-state index is 0.387. The molecule has 1 aliphatic rings. The van der Waals surface area contributed by atoms with Crippen LogP contribution < -0.4 is 0 Å². The van der Waals surface area contributed by atoms with Crippen LogP contribution >= 0.6 is 0 Å². The largest absolute Gasteiger partial charge is 0.261 e. The molecule has 82 valence electrons. The molecule has 15 heavy (non-hydrogen) atoms. The first-order valence-electron chi connectivity index (χ1n) is 5.84. The summed E-state index contributed by atoms with van der Waals surface area (Å²) in [5.74, 6) is 0.589. The summed E-state index contributed by atoms with van der Waals surface area (Å²) in [7, 11) is 0. The number of rotatable bonds is 1. The molecule has 1 fully saturated rings. The Kier molecular flexibility index (Phi) is 2.37. The monoisotopic (exact) mass is 203 g/mol. The Balaban J connectivity index is 2.42. The SMILES string of the molecule is CC1(C)CCC(C)(C)C1c1ccccn1. The molecule has 0 unspecified atom stereocenters. The van der Waals surface area contributed by atoms with Crippen LogP contribution in [-0.4, -0.2) is 4.98 Å². The topological polar surface area (TPSA) is 12.9 Å². The molecule has 0 atom stereocenters. The van der Waals surface area contributed by atoms with Crippen molar-refractivity contribution in [2.24, 2.45) is 10.8 Å². The van der Waals surface area contributed by atoms with E-state index in [1.807, 2.05) is 12.3 Å². The van der Waals surface area contributed by atoms with Gasteiger partial charge in [0.2, 0.25) is 0 Å². The smallest absolute Gasteiger partial charge is 0.0445 e. The van der Waals surface area contributed by atoms with Crippen molar-refractivity contribution in [3.05, 3.63) is 30.1 Å². The minimum absolute atomic E-state index is 0.387. The Morgan fingerprint density at radius 2 is 1.67 bits per heavy atom.